The van der Waals surface area contributed by atoms with Gasteiger partial charge in [0, 0.05) is 34.5 Å². The van der Waals surface area contributed by atoms with E-state index in [4.69, 9.17) is 4.99 Å². The molecule has 1 aromatic heterocycles. The Morgan fingerprint density at radius 1 is 1.35 bits per heavy atom. The monoisotopic (exact) mass is 310 g/mol. The highest BCUT2D eigenvalue weighted by atomic mass is 32.2. The predicted molar refractivity (Wildman–Crippen MR) is 93.1 cm³/mol. The van der Waals surface area contributed by atoms with Crippen molar-refractivity contribution in [2.24, 2.45) is 10.4 Å². The predicted octanol–water partition coefficient (Wildman–Crippen LogP) is 4.49. The summed E-state index contributed by atoms with van der Waals surface area (Å²) in [5, 5.41) is 4.72. The van der Waals surface area contributed by atoms with Crippen LogP contribution >= 0.6 is 23.1 Å². The third kappa shape index (κ3) is 4.01. The first-order valence-corrected chi connectivity index (χ1v) is 9.36. The van der Waals surface area contributed by atoms with Gasteiger partial charge in [-0.25, -0.2) is 0 Å². The first kappa shape index (κ1) is 15.9. The topological polar surface area (TPSA) is 24.4 Å². The Balaban J connectivity index is 1.86. The van der Waals surface area contributed by atoms with Crippen LogP contribution in [0.1, 0.15) is 43.4 Å². The summed E-state index contributed by atoms with van der Waals surface area (Å²) in [5.74, 6) is 1.21. The SMILES string of the molecule is CCC1(CC)CN=C(NC(C)Cc2ccc(C)s2)SC1. The number of hydrogen-bond acceptors (Lipinski definition) is 4. The van der Waals surface area contributed by atoms with Crippen LogP contribution in [-0.4, -0.2) is 23.5 Å². The Bertz CT molecular complexity index is 461. The number of aliphatic imine (C=N–C) groups is 1. The van der Waals surface area contributed by atoms with Crippen LogP contribution in [0.5, 0.6) is 0 Å². The molecule has 0 radical (unpaired) electrons. The molecule has 0 amide bonds. The van der Waals surface area contributed by atoms with E-state index in [0.29, 0.717) is 11.5 Å². The number of thiophene rings is 1. The Hall–Kier alpha value is -0.480. The van der Waals surface area contributed by atoms with Crippen molar-refractivity contribution in [3.63, 3.8) is 0 Å². The van der Waals surface area contributed by atoms with Gasteiger partial charge in [0.2, 0.25) is 0 Å². The second kappa shape index (κ2) is 6.99. The lowest BCUT2D eigenvalue weighted by molar-refractivity contribution is 0.318. The van der Waals surface area contributed by atoms with Gasteiger partial charge in [-0.15, -0.1) is 11.3 Å². The summed E-state index contributed by atoms with van der Waals surface area (Å²) < 4.78 is 0. The molecule has 4 heteroatoms. The highest BCUT2D eigenvalue weighted by molar-refractivity contribution is 8.13. The third-order valence-electron chi connectivity index (χ3n) is 4.25. The number of thioether (sulfide) groups is 1. The van der Waals surface area contributed by atoms with Crippen LogP contribution in [0.2, 0.25) is 0 Å². The molecule has 0 fully saturated rings. The lowest BCUT2D eigenvalue weighted by Crippen LogP contribution is -2.38. The van der Waals surface area contributed by atoms with Crippen LogP contribution in [0, 0.1) is 12.3 Å². The van der Waals surface area contributed by atoms with Crippen molar-refractivity contribution >= 4 is 28.3 Å². The van der Waals surface area contributed by atoms with Crippen LogP contribution in [0.25, 0.3) is 0 Å². The molecule has 1 aliphatic rings. The van der Waals surface area contributed by atoms with Gasteiger partial charge in [0.05, 0.1) is 0 Å². The maximum atomic E-state index is 4.78. The van der Waals surface area contributed by atoms with E-state index in [-0.39, 0.29) is 0 Å². The van der Waals surface area contributed by atoms with Crippen molar-refractivity contribution in [1.82, 2.24) is 5.32 Å². The van der Waals surface area contributed by atoms with Crippen molar-refractivity contribution in [1.29, 1.82) is 0 Å². The van der Waals surface area contributed by atoms with E-state index in [1.807, 2.05) is 23.1 Å². The summed E-state index contributed by atoms with van der Waals surface area (Å²) in [6, 6.07) is 4.90. The molecular formula is C16H26N2S2. The van der Waals surface area contributed by atoms with Crippen molar-refractivity contribution < 1.29 is 0 Å². The maximum absolute atomic E-state index is 4.78. The third-order valence-corrected chi connectivity index (χ3v) is 6.55. The first-order valence-electron chi connectivity index (χ1n) is 7.56. The lowest BCUT2D eigenvalue weighted by Gasteiger charge is -2.34. The molecule has 1 N–H and O–H groups in total. The molecule has 2 heterocycles. The van der Waals surface area contributed by atoms with Gasteiger partial charge < -0.3 is 5.32 Å². The van der Waals surface area contributed by atoms with E-state index < -0.39 is 0 Å². The molecule has 0 aliphatic carbocycles. The number of amidine groups is 1. The van der Waals surface area contributed by atoms with Gasteiger partial charge in [0.25, 0.3) is 0 Å². The van der Waals surface area contributed by atoms with E-state index in [1.165, 1.54) is 28.3 Å². The number of aryl methyl sites for hydroxylation is 1. The van der Waals surface area contributed by atoms with Crippen LogP contribution in [0.15, 0.2) is 17.1 Å². The molecule has 0 saturated carbocycles. The Morgan fingerprint density at radius 3 is 2.60 bits per heavy atom. The fourth-order valence-electron chi connectivity index (χ4n) is 2.48. The smallest absolute Gasteiger partial charge is 0.156 e. The highest BCUT2D eigenvalue weighted by Crippen LogP contribution is 2.34. The van der Waals surface area contributed by atoms with E-state index in [2.05, 4.69) is 45.1 Å². The number of rotatable bonds is 5. The molecule has 0 spiro atoms. The Labute approximate surface area is 131 Å². The summed E-state index contributed by atoms with van der Waals surface area (Å²) in [6.45, 7) is 9.99. The quantitative estimate of drug-likeness (QED) is 0.866. The van der Waals surface area contributed by atoms with Crippen molar-refractivity contribution in [2.45, 2.75) is 53.0 Å². The number of hydrogen-bond donors (Lipinski definition) is 1. The molecule has 112 valence electrons. The van der Waals surface area contributed by atoms with Gasteiger partial charge in [-0.1, -0.05) is 25.6 Å². The van der Waals surface area contributed by atoms with Crippen LogP contribution < -0.4 is 5.32 Å². The first-order chi connectivity index (χ1) is 9.57. The zero-order valence-corrected chi connectivity index (χ0v) is 14.7. The molecule has 1 unspecified atom stereocenters. The Kier molecular flexibility index (Phi) is 5.56. The zero-order valence-electron chi connectivity index (χ0n) is 13.0. The summed E-state index contributed by atoms with van der Waals surface area (Å²) in [4.78, 5) is 7.64. The van der Waals surface area contributed by atoms with Crippen molar-refractivity contribution in [3.8, 4) is 0 Å². The van der Waals surface area contributed by atoms with Gasteiger partial charge in [0.1, 0.15) is 0 Å². The van der Waals surface area contributed by atoms with E-state index in [0.717, 1.165) is 18.1 Å². The number of nitrogens with zero attached hydrogens (tertiary/aromatic N) is 1. The molecule has 2 rings (SSSR count). The largest absolute Gasteiger partial charge is 0.362 e. The van der Waals surface area contributed by atoms with Crippen LogP contribution in [0.4, 0.5) is 0 Å². The summed E-state index contributed by atoms with van der Waals surface area (Å²) in [6.07, 6.45) is 3.55. The second-order valence-corrected chi connectivity index (χ2v) is 8.22. The molecular weight excluding hydrogens is 284 g/mol. The number of nitrogens with one attached hydrogen (secondary N) is 1. The molecule has 0 aromatic carbocycles. The second-order valence-electron chi connectivity index (χ2n) is 5.88. The molecule has 0 bridgehead atoms. The minimum absolute atomic E-state index is 0.434. The van der Waals surface area contributed by atoms with E-state index >= 15 is 0 Å². The molecule has 0 saturated heterocycles. The van der Waals surface area contributed by atoms with Gasteiger partial charge in [-0.3, -0.25) is 4.99 Å². The van der Waals surface area contributed by atoms with Gasteiger partial charge in [-0.05, 0) is 44.2 Å². The van der Waals surface area contributed by atoms with Gasteiger partial charge >= 0.3 is 0 Å². The average Bonchev–Trinajstić information content (AvgIpc) is 2.85. The fourth-order valence-corrected chi connectivity index (χ4v) is 4.88. The van der Waals surface area contributed by atoms with Crippen LogP contribution in [0.3, 0.4) is 0 Å². The van der Waals surface area contributed by atoms with E-state index in [1.54, 1.807) is 0 Å². The molecule has 2 nitrogen and oxygen atoms in total. The van der Waals surface area contributed by atoms with Crippen LogP contribution in [-0.2, 0) is 6.42 Å². The minimum Gasteiger partial charge on any atom is -0.362 e. The fraction of sp³-hybridized carbons (Fsp3) is 0.688. The molecule has 1 atom stereocenters. The minimum atomic E-state index is 0.434. The summed E-state index contributed by atoms with van der Waals surface area (Å²) in [5.41, 5.74) is 0.434. The standard InChI is InChI=1S/C16H26N2S2/c1-5-16(6-2)10-17-15(19-11-16)18-12(3)9-14-8-7-13(4)20-14/h7-8,12H,5-6,9-11H2,1-4H3,(H,17,18). The highest BCUT2D eigenvalue weighted by Gasteiger charge is 2.30. The summed E-state index contributed by atoms with van der Waals surface area (Å²) >= 11 is 3.80. The normalized spacial score (nSPS) is 19.5. The van der Waals surface area contributed by atoms with Crippen molar-refractivity contribution in [3.05, 3.63) is 21.9 Å². The van der Waals surface area contributed by atoms with E-state index in [9.17, 15) is 0 Å². The van der Waals surface area contributed by atoms with Gasteiger partial charge in [-0.2, -0.15) is 0 Å². The molecule has 1 aliphatic heterocycles. The van der Waals surface area contributed by atoms with Crippen molar-refractivity contribution in [2.75, 3.05) is 12.3 Å². The van der Waals surface area contributed by atoms with Gasteiger partial charge in [0.15, 0.2) is 5.17 Å². The average molecular weight is 311 g/mol. The summed E-state index contributed by atoms with van der Waals surface area (Å²) in [7, 11) is 0. The lowest BCUT2D eigenvalue weighted by atomic mass is 9.84. The Morgan fingerprint density at radius 2 is 2.10 bits per heavy atom. The molecule has 20 heavy (non-hydrogen) atoms. The molecule has 1 aromatic rings. The maximum Gasteiger partial charge on any atom is 0.156 e. The zero-order chi connectivity index (χ0) is 14.6.